The molecule has 0 heterocycles. The minimum Gasteiger partial charge on any atom is -0.492 e. The lowest BCUT2D eigenvalue weighted by molar-refractivity contribution is -0.0436. The van der Waals surface area contributed by atoms with Crippen molar-refractivity contribution in [2.45, 2.75) is 36.7 Å². The minimum atomic E-state index is -5.35. The van der Waals surface area contributed by atoms with Gasteiger partial charge in [-0.05, 0) is 45.0 Å². The first-order valence-corrected chi connectivity index (χ1v) is 8.43. The lowest BCUT2D eigenvalue weighted by Gasteiger charge is -2.20. The maximum atomic E-state index is 12.4. The van der Waals surface area contributed by atoms with Gasteiger partial charge in [-0.2, -0.15) is 13.2 Å². The van der Waals surface area contributed by atoms with E-state index in [0.717, 1.165) is 24.3 Å². The molecule has 0 aliphatic heterocycles. The van der Waals surface area contributed by atoms with E-state index in [4.69, 9.17) is 10.5 Å². The Morgan fingerprint density at radius 2 is 1.75 bits per heavy atom. The van der Waals surface area contributed by atoms with Crippen molar-refractivity contribution in [2.75, 3.05) is 13.2 Å². The Labute approximate surface area is 138 Å². The highest BCUT2D eigenvalue weighted by atomic mass is 32.2. The van der Waals surface area contributed by atoms with Crippen LogP contribution in [0.25, 0.3) is 0 Å². The van der Waals surface area contributed by atoms with Gasteiger partial charge in [0.05, 0.1) is 11.4 Å². The van der Waals surface area contributed by atoms with Gasteiger partial charge >= 0.3 is 5.51 Å². The molecule has 0 saturated heterocycles. The molecule has 0 radical (unpaired) electrons. The Balaban J connectivity index is 2.59. The zero-order valence-electron chi connectivity index (χ0n) is 13.5. The molecule has 0 fully saturated rings. The van der Waals surface area contributed by atoms with E-state index in [1.165, 1.54) is 0 Å². The van der Waals surface area contributed by atoms with Crippen molar-refractivity contribution in [1.29, 1.82) is 0 Å². The topological polar surface area (TPSA) is 93.8 Å². The first-order valence-electron chi connectivity index (χ1n) is 6.95. The van der Waals surface area contributed by atoms with E-state index in [1.807, 2.05) is 20.8 Å². The Morgan fingerprint density at radius 3 is 2.21 bits per heavy atom. The zero-order valence-corrected chi connectivity index (χ0v) is 14.3. The van der Waals surface area contributed by atoms with Crippen molar-refractivity contribution in [3.8, 4) is 5.75 Å². The summed E-state index contributed by atoms with van der Waals surface area (Å²) in [6, 6.07) is 3.99. The molecule has 3 N–H and O–H groups in total. The third-order valence-corrected chi connectivity index (χ3v) is 4.09. The third kappa shape index (κ3) is 5.91. The summed E-state index contributed by atoms with van der Waals surface area (Å²) < 4.78 is 64.9. The van der Waals surface area contributed by atoms with E-state index in [9.17, 15) is 21.6 Å². The van der Waals surface area contributed by atoms with Gasteiger partial charge in [0.1, 0.15) is 12.4 Å². The molecule has 0 saturated carbocycles. The summed E-state index contributed by atoms with van der Waals surface area (Å²) in [7, 11) is -5.35. The molecule has 0 atom stereocenters. The van der Waals surface area contributed by atoms with Gasteiger partial charge in [-0.1, -0.05) is 0 Å². The molecule has 0 aliphatic carbocycles. The number of hydrogen-bond acceptors (Lipinski definition) is 4. The summed E-state index contributed by atoms with van der Waals surface area (Å²) in [4.78, 5) is 3.19. The average molecular weight is 367 g/mol. The smallest absolute Gasteiger partial charge is 0.492 e. The van der Waals surface area contributed by atoms with Crippen LogP contribution in [0.1, 0.15) is 20.8 Å². The number of nitrogens with zero attached hydrogens (tertiary/aromatic N) is 1. The standard InChI is InChI=1S/C14H20F3N3O3S/c1-13(2,3)20-12(18)19-8-9-23-10-4-6-11(7-5-10)24(21,22)14(15,16)17/h4-7H,8-9H2,1-3H3,(H3,18,19,20). The van der Waals surface area contributed by atoms with E-state index >= 15 is 0 Å². The summed E-state index contributed by atoms with van der Waals surface area (Å²) in [5.74, 6) is 0.478. The van der Waals surface area contributed by atoms with Gasteiger partial charge in [-0.3, -0.25) is 0 Å². The van der Waals surface area contributed by atoms with Gasteiger partial charge in [0, 0.05) is 5.54 Å². The number of halogens is 3. The van der Waals surface area contributed by atoms with Crippen LogP contribution in [0.2, 0.25) is 0 Å². The number of nitrogens with one attached hydrogen (secondary N) is 1. The SMILES string of the molecule is CC(C)(C)NC(N)=NCCOc1ccc(S(=O)(=O)C(F)(F)F)cc1. The molecular weight excluding hydrogens is 347 g/mol. The zero-order chi connectivity index (χ0) is 18.6. The Morgan fingerprint density at radius 1 is 1.21 bits per heavy atom. The Hall–Kier alpha value is -1.97. The second kappa shape index (κ2) is 7.29. The summed E-state index contributed by atoms with van der Waals surface area (Å²) in [5.41, 5.74) is 0.0983. The molecule has 0 spiro atoms. The number of nitrogens with two attached hydrogens (primary N) is 1. The van der Waals surface area contributed by atoms with Crippen molar-refractivity contribution >= 4 is 15.8 Å². The highest BCUT2D eigenvalue weighted by Crippen LogP contribution is 2.30. The Bertz CT molecular complexity index is 678. The number of hydrogen-bond donors (Lipinski definition) is 2. The Kier molecular flexibility index (Phi) is 6.09. The summed E-state index contributed by atoms with van der Waals surface area (Å²) in [5, 5.41) is 2.95. The first kappa shape index (κ1) is 20.1. The number of aliphatic imine (C=N–C) groups is 1. The van der Waals surface area contributed by atoms with Crippen molar-refractivity contribution in [2.24, 2.45) is 10.7 Å². The van der Waals surface area contributed by atoms with Gasteiger partial charge in [0.2, 0.25) is 0 Å². The molecule has 1 aromatic carbocycles. The highest BCUT2D eigenvalue weighted by Gasteiger charge is 2.46. The van der Waals surface area contributed by atoms with Crippen molar-refractivity contribution in [3.05, 3.63) is 24.3 Å². The van der Waals surface area contributed by atoms with E-state index in [2.05, 4.69) is 10.3 Å². The molecule has 0 unspecified atom stereocenters. The quantitative estimate of drug-likeness (QED) is 0.472. The monoisotopic (exact) mass is 367 g/mol. The lowest BCUT2D eigenvalue weighted by atomic mass is 10.1. The van der Waals surface area contributed by atoms with Gasteiger partial charge in [-0.15, -0.1) is 0 Å². The molecule has 1 rings (SSSR count). The van der Waals surface area contributed by atoms with Crippen LogP contribution in [-0.4, -0.2) is 38.6 Å². The van der Waals surface area contributed by atoms with Crippen LogP contribution in [0, 0.1) is 0 Å². The fourth-order valence-corrected chi connectivity index (χ4v) is 2.36. The number of rotatable bonds is 5. The van der Waals surface area contributed by atoms with Crippen LogP contribution in [0.5, 0.6) is 5.75 Å². The molecule has 0 bridgehead atoms. The molecule has 1 aromatic rings. The average Bonchev–Trinajstić information content (AvgIpc) is 2.41. The summed E-state index contributed by atoms with van der Waals surface area (Å²) >= 11 is 0. The molecule has 0 aromatic heterocycles. The molecule has 10 heteroatoms. The van der Waals surface area contributed by atoms with Gasteiger partial charge in [-0.25, -0.2) is 13.4 Å². The lowest BCUT2D eigenvalue weighted by Crippen LogP contribution is -2.45. The maximum absolute atomic E-state index is 12.4. The summed E-state index contributed by atoms with van der Waals surface area (Å²) in [6.07, 6.45) is 0. The fourth-order valence-electron chi connectivity index (χ4n) is 1.60. The first-order chi connectivity index (χ1) is 10.8. The van der Waals surface area contributed by atoms with Crippen LogP contribution in [0.3, 0.4) is 0 Å². The number of benzene rings is 1. The highest BCUT2D eigenvalue weighted by molar-refractivity contribution is 7.92. The normalized spacial score (nSPS) is 13.7. The molecule has 0 amide bonds. The van der Waals surface area contributed by atoms with Crippen molar-refractivity contribution < 1.29 is 26.3 Å². The van der Waals surface area contributed by atoms with Crippen molar-refractivity contribution in [3.63, 3.8) is 0 Å². The van der Waals surface area contributed by atoms with Crippen LogP contribution >= 0.6 is 0 Å². The molecule has 136 valence electrons. The number of guanidine groups is 1. The maximum Gasteiger partial charge on any atom is 0.501 e. The predicted octanol–water partition coefficient (Wildman–Crippen LogP) is 2.06. The van der Waals surface area contributed by atoms with Crippen LogP contribution in [0.15, 0.2) is 34.2 Å². The predicted molar refractivity (Wildman–Crippen MR) is 84.6 cm³/mol. The van der Waals surface area contributed by atoms with Gasteiger partial charge < -0.3 is 15.8 Å². The van der Waals surface area contributed by atoms with Crippen LogP contribution in [-0.2, 0) is 9.84 Å². The molecular formula is C14H20F3N3O3S. The van der Waals surface area contributed by atoms with E-state index in [1.54, 1.807) is 0 Å². The van der Waals surface area contributed by atoms with E-state index in [0.29, 0.717) is 0 Å². The molecule has 0 aliphatic rings. The second-order valence-electron chi connectivity index (χ2n) is 5.91. The fraction of sp³-hybridized carbons (Fsp3) is 0.500. The number of ether oxygens (including phenoxy) is 1. The van der Waals surface area contributed by atoms with Gasteiger partial charge in [0.25, 0.3) is 9.84 Å². The van der Waals surface area contributed by atoms with Crippen molar-refractivity contribution in [1.82, 2.24) is 5.32 Å². The largest absolute Gasteiger partial charge is 0.501 e. The van der Waals surface area contributed by atoms with E-state index < -0.39 is 20.2 Å². The molecule has 6 nitrogen and oxygen atoms in total. The van der Waals surface area contributed by atoms with Crippen LogP contribution < -0.4 is 15.8 Å². The number of sulfone groups is 1. The van der Waals surface area contributed by atoms with E-state index in [-0.39, 0.29) is 30.4 Å². The number of alkyl halides is 3. The molecule has 24 heavy (non-hydrogen) atoms. The van der Waals surface area contributed by atoms with Gasteiger partial charge in [0.15, 0.2) is 5.96 Å². The second-order valence-corrected chi connectivity index (χ2v) is 7.85. The third-order valence-electron chi connectivity index (χ3n) is 2.58. The summed E-state index contributed by atoms with van der Waals surface area (Å²) in [6.45, 7) is 6.13. The minimum absolute atomic E-state index is 0.137. The van der Waals surface area contributed by atoms with Crippen LogP contribution in [0.4, 0.5) is 13.2 Å².